The Morgan fingerprint density at radius 3 is 2.24 bits per heavy atom. The van der Waals surface area contributed by atoms with Crippen LogP contribution in [0.5, 0.6) is 0 Å². The smallest absolute Gasteiger partial charge is 0.338 e. The third-order valence-electron chi connectivity index (χ3n) is 4.35. The second-order valence-corrected chi connectivity index (χ2v) is 6.92. The molecule has 0 unspecified atom stereocenters. The number of benzene rings is 2. The minimum atomic E-state index is -4.94. The minimum Gasteiger partial charge on any atom is -0.462 e. The lowest BCUT2D eigenvalue weighted by Crippen LogP contribution is -2.68. The molecule has 2 aromatic carbocycles. The molecule has 0 aliphatic carbocycles. The Balaban J connectivity index is 0.000000537. The third kappa shape index (κ3) is 6.25. The van der Waals surface area contributed by atoms with Crippen LogP contribution in [0.4, 0.5) is 0 Å². The van der Waals surface area contributed by atoms with E-state index in [2.05, 4.69) is 35.1 Å². The summed E-state index contributed by atoms with van der Waals surface area (Å²) in [5.41, 5.74) is 4.03. The molecule has 156 valence electrons. The number of aromatic nitrogens is 2. The Morgan fingerprint density at radius 2 is 1.69 bits per heavy atom. The Morgan fingerprint density at radius 1 is 1.07 bits per heavy atom. The fourth-order valence-electron chi connectivity index (χ4n) is 3.17. The van der Waals surface area contributed by atoms with Crippen LogP contribution in [0.3, 0.4) is 0 Å². The van der Waals surface area contributed by atoms with E-state index < -0.39 is 10.2 Å². The van der Waals surface area contributed by atoms with Gasteiger partial charge in [0.25, 0.3) is 5.82 Å². The van der Waals surface area contributed by atoms with Gasteiger partial charge in [-0.1, -0.05) is 30.3 Å². The van der Waals surface area contributed by atoms with Gasteiger partial charge in [-0.25, -0.2) is 32.6 Å². The Bertz CT molecular complexity index is 961. The van der Waals surface area contributed by atoms with Crippen molar-refractivity contribution in [3.63, 3.8) is 0 Å². The molecule has 8 nitrogen and oxygen atoms in total. The first kappa shape index (κ1) is 22.8. The highest BCUT2D eigenvalue weighted by atomic mass is 35.7. The number of nitrogens with zero attached hydrogens (tertiary/aromatic N) is 2. The van der Waals surface area contributed by atoms with Crippen LogP contribution in [0.15, 0.2) is 48.5 Å². The molecule has 3 aromatic rings. The van der Waals surface area contributed by atoms with Gasteiger partial charge in [-0.05, 0) is 31.5 Å². The topological polar surface area (TPSA) is 127 Å². The van der Waals surface area contributed by atoms with Crippen LogP contribution in [0.2, 0.25) is 0 Å². The molecule has 1 heterocycles. The molecule has 0 aliphatic rings. The predicted molar refractivity (Wildman–Crippen MR) is 94.0 cm³/mol. The van der Waals surface area contributed by atoms with Gasteiger partial charge in [0, 0.05) is 13.0 Å². The maximum absolute atomic E-state index is 12.1. The van der Waals surface area contributed by atoms with Crippen molar-refractivity contribution in [2.75, 3.05) is 6.61 Å². The summed E-state index contributed by atoms with van der Waals surface area (Å²) < 4.78 is 43.6. The SMILES string of the molecule is CCOC(=O)c1ccc2c(c1)n(Cc1ccccc1)c(C)[n+]2CC.[O-][Cl+3]([O-])([O-])[O-]. The third-order valence-corrected chi connectivity index (χ3v) is 4.35. The number of rotatable bonds is 5. The molecule has 0 spiro atoms. The van der Waals surface area contributed by atoms with Gasteiger partial charge in [-0.15, -0.1) is 10.2 Å². The van der Waals surface area contributed by atoms with E-state index in [0.29, 0.717) is 12.2 Å². The number of esters is 1. The Labute approximate surface area is 170 Å². The van der Waals surface area contributed by atoms with Crippen molar-refractivity contribution in [2.24, 2.45) is 0 Å². The van der Waals surface area contributed by atoms with Crippen molar-refractivity contribution in [3.8, 4) is 0 Å². The van der Waals surface area contributed by atoms with Crippen molar-refractivity contribution in [2.45, 2.75) is 33.9 Å². The van der Waals surface area contributed by atoms with Gasteiger partial charge >= 0.3 is 5.97 Å². The Hall–Kier alpha value is -2.49. The van der Waals surface area contributed by atoms with Crippen LogP contribution in [0.1, 0.15) is 35.6 Å². The molecule has 0 radical (unpaired) electrons. The predicted octanol–water partition coefficient (Wildman–Crippen LogP) is -1.27. The van der Waals surface area contributed by atoms with Crippen molar-refractivity contribution < 1.29 is 43.0 Å². The zero-order chi connectivity index (χ0) is 21.6. The summed E-state index contributed by atoms with van der Waals surface area (Å²) in [7, 11) is -4.94. The van der Waals surface area contributed by atoms with E-state index in [0.717, 1.165) is 24.1 Å². The van der Waals surface area contributed by atoms with Crippen LogP contribution in [-0.4, -0.2) is 17.1 Å². The summed E-state index contributed by atoms with van der Waals surface area (Å²) in [4.78, 5) is 12.1. The van der Waals surface area contributed by atoms with Gasteiger partial charge in [-0.3, -0.25) is 0 Å². The number of halogens is 1. The molecule has 9 heteroatoms. The number of carbonyl (C=O) groups is 1. The van der Waals surface area contributed by atoms with Crippen molar-refractivity contribution in [1.82, 2.24) is 4.57 Å². The fourth-order valence-corrected chi connectivity index (χ4v) is 3.17. The van der Waals surface area contributed by atoms with E-state index in [4.69, 9.17) is 23.4 Å². The molecule has 0 amide bonds. The molecule has 0 bridgehead atoms. The first-order chi connectivity index (χ1) is 13.7. The van der Waals surface area contributed by atoms with Gasteiger partial charge < -0.3 is 4.74 Å². The minimum absolute atomic E-state index is 0.271. The highest BCUT2D eigenvalue weighted by molar-refractivity contribution is 5.93. The monoisotopic (exact) mass is 422 g/mol. The molecule has 0 N–H and O–H groups in total. The largest absolute Gasteiger partial charge is 0.462 e. The van der Waals surface area contributed by atoms with Crippen LogP contribution < -0.4 is 23.2 Å². The van der Waals surface area contributed by atoms with Crippen molar-refractivity contribution in [1.29, 1.82) is 0 Å². The van der Waals surface area contributed by atoms with Gasteiger partial charge in [0.2, 0.25) is 0 Å². The van der Waals surface area contributed by atoms with E-state index in [-0.39, 0.29) is 5.97 Å². The molecule has 0 fully saturated rings. The van der Waals surface area contributed by atoms with Gasteiger partial charge in [0.15, 0.2) is 11.0 Å². The molecule has 0 saturated carbocycles. The Kier molecular flexibility index (Phi) is 7.72. The highest BCUT2D eigenvalue weighted by Crippen LogP contribution is 2.19. The van der Waals surface area contributed by atoms with Crippen LogP contribution in [-0.2, 0) is 17.8 Å². The average molecular weight is 423 g/mol. The first-order valence-corrected chi connectivity index (χ1v) is 10.2. The van der Waals surface area contributed by atoms with E-state index in [1.54, 1.807) is 0 Å². The van der Waals surface area contributed by atoms with Gasteiger partial charge in [0.05, 0.1) is 18.7 Å². The van der Waals surface area contributed by atoms with Gasteiger partial charge in [0.1, 0.15) is 6.54 Å². The molecule has 1 aromatic heterocycles. The molecular weight excluding hydrogens is 400 g/mol. The number of fused-ring (bicyclic) bond motifs is 1. The number of hydrogen-bond acceptors (Lipinski definition) is 6. The average Bonchev–Trinajstić information content (AvgIpc) is 2.92. The molecule has 0 atom stereocenters. The summed E-state index contributed by atoms with van der Waals surface area (Å²) >= 11 is 0. The normalized spacial score (nSPS) is 11.1. The molecule has 3 rings (SSSR count). The molecule has 0 saturated heterocycles. The zero-order valence-corrected chi connectivity index (χ0v) is 17.2. The van der Waals surface area contributed by atoms with E-state index in [9.17, 15) is 4.79 Å². The van der Waals surface area contributed by atoms with E-state index in [1.807, 2.05) is 43.3 Å². The number of ether oxygens (including phenoxy) is 1. The summed E-state index contributed by atoms with van der Waals surface area (Å²) in [6.07, 6.45) is 0. The lowest BCUT2D eigenvalue weighted by Gasteiger charge is -2.17. The first-order valence-electron chi connectivity index (χ1n) is 9.01. The quantitative estimate of drug-likeness (QED) is 0.372. The van der Waals surface area contributed by atoms with E-state index >= 15 is 0 Å². The number of hydrogen-bond donors (Lipinski definition) is 0. The standard InChI is InChI=1S/C20H23N2O2.ClHO4/c1-4-21-15(3)22(14-16-9-7-6-8-10-16)19-13-17(11-12-18(19)21)20(23)24-5-2;2-1(3,4)5/h6-13H,4-5,14H2,1-3H3;(H,2,3,4,5)/q+1;/p-1. The summed E-state index contributed by atoms with van der Waals surface area (Å²) in [5, 5.41) is 0. The molecular formula is C20H23ClN2O6. The van der Waals surface area contributed by atoms with Crippen LogP contribution in [0, 0.1) is 17.2 Å². The fraction of sp³-hybridized carbons (Fsp3) is 0.300. The highest BCUT2D eigenvalue weighted by Gasteiger charge is 2.22. The van der Waals surface area contributed by atoms with E-state index in [1.165, 1.54) is 11.4 Å². The van der Waals surface area contributed by atoms with Crippen LogP contribution in [0.25, 0.3) is 11.0 Å². The van der Waals surface area contributed by atoms with Crippen LogP contribution >= 0.6 is 0 Å². The molecule has 29 heavy (non-hydrogen) atoms. The lowest BCUT2D eigenvalue weighted by molar-refractivity contribution is -2.00. The number of aryl methyl sites for hydroxylation is 1. The number of imidazole rings is 1. The summed E-state index contributed by atoms with van der Waals surface area (Å²) in [6, 6.07) is 16.2. The van der Waals surface area contributed by atoms with Crippen molar-refractivity contribution in [3.05, 3.63) is 65.5 Å². The maximum atomic E-state index is 12.1. The molecule has 0 aliphatic heterocycles. The summed E-state index contributed by atoms with van der Waals surface area (Å²) in [6.45, 7) is 8.14. The lowest BCUT2D eigenvalue weighted by atomic mass is 10.2. The van der Waals surface area contributed by atoms with Gasteiger partial charge in [-0.2, -0.15) is 0 Å². The zero-order valence-electron chi connectivity index (χ0n) is 16.5. The number of carbonyl (C=O) groups excluding carboxylic acids is 1. The maximum Gasteiger partial charge on any atom is 0.338 e. The second kappa shape index (κ2) is 9.82. The summed E-state index contributed by atoms with van der Waals surface area (Å²) in [5.74, 6) is 0.907. The van der Waals surface area contributed by atoms with Crippen molar-refractivity contribution >= 4 is 17.0 Å². The second-order valence-electron chi connectivity index (χ2n) is 6.17.